The molecular weight excluding hydrogens is 396 g/mol. The van der Waals surface area contributed by atoms with Gasteiger partial charge in [0.15, 0.2) is 0 Å². The fraction of sp³-hybridized carbons (Fsp3) is 0.550. The summed E-state index contributed by atoms with van der Waals surface area (Å²) >= 11 is 3.51. The van der Waals surface area contributed by atoms with Gasteiger partial charge in [-0.2, -0.15) is 0 Å². The van der Waals surface area contributed by atoms with Gasteiger partial charge in [0.2, 0.25) is 17.7 Å². The number of hydrogen-bond acceptors (Lipinski definition) is 3. The topological polar surface area (TPSA) is 66.5 Å². The lowest BCUT2D eigenvalue weighted by Crippen LogP contribution is -2.35. The van der Waals surface area contributed by atoms with Crippen LogP contribution in [0.1, 0.15) is 36.8 Å². The van der Waals surface area contributed by atoms with Crippen molar-refractivity contribution in [2.24, 2.45) is 23.7 Å². The van der Waals surface area contributed by atoms with E-state index < -0.39 is 0 Å². The minimum atomic E-state index is -0.174. The third-order valence-electron chi connectivity index (χ3n) is 6.30. The summed E-state index contributed by atoms with van der Waals surface area (Å²) in [4.78, 5) is 39.0. The molecular formula is C20H23BrN2O3. The molecule has 3 fully saturated rings. The predicted molar refractivity (Wildman–Crippen MR) is 101 cm³/mol. The van der Waals surface area contributed by atoms with Gasteiger partial charge >= 0.3 is 0 Å². The second kappa shape index (κ2) is 6.48. The van der Waals surface area contributed by atoms with E-state index in [4.69, 9.17) is 0 Å². The van der Waals surface area contributed by atoms with Crippen molar-refractivity contribution in [2.75, 3.05) is 11.9 Å². The molecule has 4 rings (SSSR count). The minimum Gasteiger partial charge on any atom is -0.326 e. The number of carbonyl (C=O) groups excluding carboxylic acids is 3. The summed E-state index contributed by atoms with van der Waals surface area (Å²) < 4.78 is 1.03. The average Bonchev–Trinajstić information content (AvgIpc) is 3.26. The van der Waals surface area contributed by atoms with Crippen LogP contribution in [-0.4, -0.2) is 29.2 Å². The van der Waals surface area contributed by atoms with Crippen LogP contribution < -0.4 is 5.32 Å². The van der Waals surface area contributed by atoms with Crippen LogP contribution >= 0.6 is 15.9 Å². The summed E-state index contributed by atoms with van der Waals surface area (Å²) in [6.45, 7) is 4.13. The Morgan fingerprint density at radius 2 is 1.65 bits per heavy atom. The number of rotatable bonds is 4. The van der Waals surface area contributed by atoms with E-state index in [1.54, 1.807) is 0 Å². The number of amides is 3. The van der Waals surface area contributed by atoms with Crippen LogP contribution in [0.5, 0.6) is 0 Å². The first-order valence-electron chi connectivity index (χ1n) is 9.28. The first-order valence-corrected chi connectivity index (χ1v) is 10.1. The van der Waals surface area contributed by atoms with Crippen molar-refractivity contribution in [3.63, 3.8) is 0 Å². The molecule has 1 aromatic carbocycles. The third-order valence-corrected chi connectivity index (χ3v) is 7.55. The van der Waals surface area contributed by atoms with Gasteiger partial charge in [0, 0.05) is 23.1 Å². The summed E-state index contributed by atoms with van der Waals surface area (Å²) in [5, 5.41) is 2.88. The van der Waals surface area contributed by atoms with Crippen molar-refractivity contribution in [1.82, 2.24) is 4.90 Å². The smallest absolute Gasteiger partial charge is 0.233 e. The quantitative estimate of drug-likeness (QED) is 0.761. The molecule has 3 aliphatic rings. The SMILES string of the molecule is Cc1cc(NC(=O)CCN2C(=O)[C@@H]3[C@@H]4CC[C@@H](C4)[C@@H]3C2=O)cc(C)c1Br. The molecule has 6 heteroatoms. The summed E-state index contributed by atoms with van der Waals surface area (Å²) in [5.74, 6) is 0.280. The number of aryl methyl sites for hydroxylation is 2. The summed E-state index contributed by atoms with van der Waals surface area (Å²) in [6.07, 6.45) is 3.31. The molecule has 1 saturated heterocycles. The maximum absolute atomic E-state index is 12.7. The lowest BCUT2D eigenvalue weighted by molar-refractivity contribution is -0.140. The van der Waals surface area contributed by atoms with Gasteiger partial charge in [-0.15, -0.1) is 0 Å². The zero-order chi connectivity index (χ0) is 18.6. The number of fused-ring (bicyclic) bond motifs is 5. The molecule has 1 aromatic rings. The zero-order valence-electron chi connectivity index (χ0n) is 15.0. The van der Waals surface area contributed by atoms with Crippen LogP contribution in [0.4, 0.5) is 5.69 Å². The van der Waals surface area contributed by atoms with Gasteiger partial charge < -0.3 is 5.32 Å². The fourth-order valence-electron chi connectivity index (χ4n) is 5.15. The number of nitrogens with zero attached hydrogens (tertiary/aromatic N) is 1. The largest absolute Gasteiger partial charge is 0.326 e. The molecule has 1 heterocycles. The Labute approximate surface area is 161 Å². The molecule has 2 saturated carbocycles. The van der Waals surface area contributed by atoms with Crippen molar-refractivity contribution in [3.8, 4) is 0 Å². The molecule has 4 atom stereocenters. The lowest BCUT2D eigenvalue weighted by Gasteiger charge is -2.19. The molecule has 3 amide bonds. The van der Waals surface area contributed by atoms with Crippen molar-refractivity contribution >= 4 is 39.3 Å². The number of imide groups is 1. The number of halogens is 1. The minimum absolute atomic E-state index is 0.0460. The van der Waals surface area contributed by atoms with Crippen LogP contribution in [-0.2, 0) is 14.4 Å². The predicted octanol–water partition coefficient (Wildman–Crippen LogP) is 3.43. The molecule has 2 aliphatic carbocycles. The third kappa shape index (κ3) is 2.79. The second-order valence-electron chi connectivity index (χ2n) is 7.94. The highest BCUT2D eigenvalue weighted by molar-refractivity contribution is 9.10. The Morgan fingerprint density at radius 3 is 2.19 bits per heavy atom. The fourth-order valence-corrected chi connectivity index (χ4v) is 5.37. The van der Waals surface area contributed by atoms with Crippen molar-refractivity contribution in [1.29, 1.82) is 0 Å². The van der Waals surface area contributed by atoms with Gasteiger partial charge in [-0.25, -0.2) is 0 Å². The van der Waals surface area contributed by atoms with Crippen molar-refractivity contribution in [3.05, 3.63) is 27.7 Å². The van der Waals surface area contributed by atoms with Crippen LogP contribution in [0, 0.1) is 37.5 Å². The van der Waals surface area contributed by atoms with Gasteiger partial charge in [0.1, 0.15) is 0 Å². The molecule has 5 nitrogen and oxygen atoms in total. The Bertz CT molecular complexity index is 755. The summed E-state index contributed by atoms with van der Waals surface area (Å²) in [6, 6.07) is 3.81. The maximum atomic E-state index is 12.7. The molecule has 0 unspecified atom stereocenters. The van der Waals surface area contributed by atoms with Gasteiger partial charge in [-0.3, -0.25) is 19.3 Å². The van der Waals surface area contributed by atoms with Crippen LogP contribution in [0.15, 0.2) is 16.6 Å². The van der Waals surface area contributed by atoms with E-state index in [1.807, 2.05) is 26.0 Å². The highest BCUT2D eigenvalue weighted by atomic mass is 79.9. The Morgan fingerprint density at radius 1 is 1.12 bits per heavy atom. The highest BCUT2D eigenvalue weighted by Crippen LogP contribution is 2.56. The first-order chi connectivity index (χ1) is 12.4. The lowest BCUT2D eigenvalue weighted by atomic mass is 9.81. The van der Waals surface area contributed by atoms with Gasteiger partial charge in [-0.05, 0) is 68.2 Å². The van der Waals surface area contributed by atoms with Crippen molar-refractivity contribution < 1.29 is 14.4 Å². The van der Waals surface area contributed by atoms with E-state index in [1.165, 1.54) is 4.90 Å². The average molecular weight is 419 g/mol. The standard InChI is InChI=1S/C20H23BrN2O3/c1-10-7-14(8-11(2)18(10)21)22-15(24)5-6-23-19(25)16-12-3-4-13(9-12)17(16)20(23)26/h7-8,12-13,16-17H,3-6,9H2,1-2H3,(H,22,24)/t12-,13+,16-,17+. The number of likely N-dealkylation sites (tertiary alicyclic amines) is 1. The second-order valence-corrected chi connectivity index (χ2v) is 8.73. The monoisotopic (exact) mass is 418 g/mol. The molecule has 2 bridgehead atoms. The summed E-state index contributed by atoms with van der Waals surface area (Å²) in [5.41, 5.74) is 2.84. The van der Waals surface area contributed by atoms with Crippen LogP contribution in [0.2, 0.25) is 0 Å². The molecule has 0 spiro atoms. The van der Waals surface area contributed by atoms with Crippen LogP contribution in [0.25, 0.3) is 0 Å². The number of carbonyl (C=O) groups is 3. The number of nitrogens with one attached hydrogen (secondary N) is 1. The van der Waals surface area contributed by atoms with E-state index in [2.05, 4.69) is 21.2 Å². The Balaban J connectivity index is 1.38. The van der Waals surface area contributed by atoms with E-state index in [0.717, 1.165) is 40.5 Å². The Hall–Kier alpha value is -1.69. The van der Waals surface area contributed by atoms with Crippen LogP contribution in [0.3, 0.4) is 0 Å². The Kier molecular flexibility index (Phi) is 4.41. The molecule has 1 N–H and O–H groups in total. The van der Waals surface area contributed by atoms with Gasteiger partial charge in [-0.1, -0.05) is 15.9 Å². The van der Waals surface area contributed by atoms with Gasteiger partial charge in [0.25, 0.3) is 0 Å². The first kappa shape index (κ1) is 17.7. The molecule has 1 aliphatic heterocycles. The molecule has 138 valence electrons. The summed E-state index contributed by atoms with van der Waals surface area (Å²) in [7, 11) is 0. The number of hydrogen-bond donors (Lipinski definition) is 1. The molecule has 0 radical (unpaired) electrons. The molecule has 0 aromatic heterocycles. The van der Waals surface area contributed by atoms with E-state index >= 15 is 0 Å². The van der Waals surface area contributed by atoms with Crippen molar-refractivity contribution in [2.45, 2.75) is 39.5 Å². The number of benzene rings is 1. The van der Waals surface area contributed by atoms with E-state index in [0.29, 0.717) is 11.8 Å². The van der Waals surface area contributed by atoms with E-state index in [-0.39, 0.29) is 42.5 Å². The van der Waals surface area contributed by atoms with E-state index in [9.17, 15) is 14.4 Å². The molecule has 26 heavy (non-hydrogen) atoms. The highest BCUT2D eigenvalue weighted by Gasteiger charge is 2.60. The zero-order valence-corrected chi connectivity index (χ0v) is 16.6. The van der Waals surface area contributed by atoms with Gasteiger partial charge in [0.05, 0.1) is 11.8 Å². The normalized spacial score (nSPS) is 29.4. The maximum Gasteiger partial charge on any atom is 0.233 e. The number of anilines is 1.